The van der Waals surface area contributed by atoms with Gasteiger partial charge in [-0.05, 0) is 62.5 Å². The lowest BCUT2D eigenvalue weighted by Crippen LogP contribution is -2.32. The van der Waals surface area contributed by atoms with Gasteiger partial charge in [0.25, 0.3) is 0 Å². The second kappa shape index (κ2) is 7.22. The van der Waals surface area contributed by atoms with E-state index in [4.69, 9.17) is 16.6 Å². The first kappa shape index (κ1) is 15.5. The number of hydrogen-bond donors (Lipinski definition) is 2. The van der Waals surface area contributed by atoms with Crippen molar-refractivity contribution < 1.29 is 4.42 Å². The zero-order valence-electron chi connectivity index (χ0n) is 12.5. The van der Waals surface area contributed by atoms with Gasteiger partial charge in [-0.25, -0.2) is 0 Å². The fraction of sp³-hybridized carbons (Fsp3) is 0.375. The van der Waals surface area contributed by atoms with Crippen molar-refractivity contribution >= 4 is 23.0 Å². The molecule has 0 spiro atoms. The van der Waals surface area contributed by atoms with E-state index in [0.29, 0.717) is 17.6 Å². The van der Waals surface area contributed by atoms with Crippen LogP contribution in [-0.2, 0) is 6.54 Å². The molecular formula is C16H21N3OS. The molecule has 0 amide bonds. The van der Waals surface area contributed by atoms with Gasteiger partial charge in [0.05, 0.1) is 18.5 Å². The van der Waals surface area contributed by atoms with E-state index in [9.17, 15) is 0 Å². The minimum atomic E-state index is 0.471. The van der Waals surface area contributed by atoms with Crippen LogP contribution < -0.4 is 10.7 Å². The number of rotatable bonds is 4. The van der Waals surface area contributed by atoms with Gasteiger partial charge in [0.1, 0.15) is 5.76 Å². The van der Waals surface area contributed by atoms with Crippen LogP contribution >= 0.6 is 12.2 Å². The predicted molar refractivity (Wildman–Crippen MR) is 90.0 cm³/mol. The van der Waals surface area contributed by atoms with Gasteiger partial charge in [0.2, 0.25) is 0 Å². The molecule has 1 aliphatic rings. The van der Waals surface area contributed by atoms with E-state index in [0.717, 1.165) is 24.3 Å². The van der Waals surface area contributed by atoms with Gasteiger partial charge in [-0.1, -0.05) is 18.2 Å². The Bertz CT molecular complexity index is 572. The summed E-state index contributed by atoms with van der Waals surface area (Å²) < 4.78 is 5.23. The molecule has 21 heavy (non-hydrogen) atoms. The van der Waals surface area contributed by atoms with E-state index < -0.39 is 0 Å². The first-order valence-electron chi connectivity index (χ1n) is 7.01. The first-order valence-corrected chi connectivity index (χ1v) is 7.42. The zero-order valence-corrected chi connectivity index (χ0v) is 13.3. The molecule has 1 aromatic rings. The number of hydrazone groups is 1. The van der Waals surface area contributed by atoms with E-state index in [1.165, 1.54) is 11.1 Å². The molecule has 5 heteroatoms. The molecule has 2 rings (SSSR count). The standard InChI is InChI=1S/C16H21N3OS/c1-11(2)13-7-6-12(3)15(9-13)18-19-16(21)17-10-14-5-4-8-20-14/h4-6,8,13H,1,7,9-10H2,2-3H3,(H2,17,19,21)/b18-15-/t13-/m0/s1. The van der Waals surface area contributed by atoms with E-state index >= 15 is 0 Å². The Labute approximate surface area is 131 Å². The lowest BCUT2D eigenvalue weighted by atomic mass is 9.85. The fourth-order valence-corrected chi connectivity index (χ4v) is 2.28. The smallest absolute Gasteiger partial charge is 0.187 e. The number of thiocarbonyl (C=S) groups is 1. The summed E-state index contributed by atoms with van der Waals surface area (Å²) in [5.74, 6) is 1.31. The highest BCUT2D eigenvalue weighted by Gasteiger charge is 2.18. The molecule has 1 aliphatic carbocycles. The Morgan fingerprint density at radius 3 is 3.05 bits per heavy atom. The molecule has 0 fully saturated rings. The molecule has 1 heterocycles. The molecule has 1 atom stereocenters. The minimum absolute atomic E-state index is 0.471. The SMILES string of the molecule is C=C(C)[C@H]1CC=C(C)/C(=N\NC(=S)NCc2ccco2)C1. The Balaban J connectivity index is 1.87. The van der Waals surface area contributed by atoms with Crippen molar-refractivity contribution in [3.8, 4) is 0 Å². The van der Waals surface area contributed by atoms with Gasteiger partial charge in [-0.15, -0.1) is 0 Å². The molecule has 0 saturated heterocycles. The quantitative estimate of drug-likeness (QED) is 0.507. The second-order valence-corrected chi connectivity index (χ2v) is 5.71. The highest BCUT2D eigenvalue weighted by Crippen LogP contribution is 2.26. The number of nitrogens with one attached hydrogen (secondary N) is 2. The minimum Gasteiger partial charge on any atom is -0.467 e. The predicted octanol–water partition coefficient (Wildman–Crippen LogP) is 3.53. The van der Waals surface area contributed by atoms with Crippen molar-refractivity contribution in [2.45, 2.75) is 33.2 Å². The summed E-state index contributed by atoms with van der Waals surface area (Å²) >= 11 is 5.21. The summed E-state index contributed by atoms with van der Waals surface area (Å²) in [6.07, 6.45) is 5.80. The van der Waals surface area contributed by atoms with Crippen LogP contribution in [-0.4, -0.2) is 10.8 Å². The first-order chi connectivity index (χ1) is 10.1. The van der Waals surface area contributed by atoms with E-state index in [2.05, 4.69) is 42.3 Å². The summed E-state index contributed by atoms with van der Waals surface area (Å²) in [4.78, 5) is 0. The van der Waals surface area contributed by atoms with Crippen molar-refractivity contribution in [2.24, 2.45) is 11.0 Å². The van der Waals surface area contributed by atoms with Gasteiger partial charge >= 0.3 is 0 Å². The van der Waals surface area contributed by atoms with E-state index in [1.54, 1.807) is 6.26 Å². The van der Waals surface area contributed by atoms with Gasteiger partial charge in [-0.3, -0.25) is 5.43 Å². The Kier molecular flexibility index (Phi) is 5.33. The lowest BCUT2D eigenvalue weighted by molar-refractivity contribution is 0.502. The Hall–Kier alpha value is -1.88. The lowest BCUT2D eigenvalue weighted by Gasteiger charge is -2.22. The van der Waals surface area contributed by atoms with Gasteiger partial charge < -0.3 is 9.73 Å². The van der Waals surface area contributed by atoms with Crippen LogP contribution in [0, 0.1) is 5.92 Å². The molecule has 0 saturated carbocycles. The maximum Gasteiger partial charge on any atom is 0.187 e. The third kappa shape index (κ3) is 4.56. The van der Waals surface area contributed by atoms with Crippen LogP contribution in [0.15, 0.2) is 51.7 Å². The zero-order chi connectivity index (χ0) is 15.2. The molecule has 0 aliphatic heterocycles. The van der Waals surface area contributed by atoms with Crippen molar-refractivity contribution in [2.75, 3.05) is 0 Å². The van der Waals surface area contributed by atoms with Crippen LogP contribution in [0.3, 0.4) is 0 Å². The van der Waals surface area contributed by atoms with Gasteiger partial charge in [0, 0.05) is 0 Å². The highest BCUT2D eigenvalue weighted by molar-refractivity contribution is 7.80. The molecule has 1 aromatic heterocycles. The average molecular weight is 303 g/mol. The molecule has 2 N–H and O–H groups in total. The Morgan fingerprint density at radius 2 is 2.38 bits per heavy atom. The summed E-state index contributed by atoms with van der Waals surface area (Å²) in [6, 6.07) is 3.74. The number of nitrogens with zero attached hydrogens (tertiary/aromatic N) is 1. The second-order valence-electron chi connectivity index (χ2n) is 5.30. The molecular weight excluding hydrogens is 282 g/mol. The molecule has 4 nitrogen and oxygen atoms in total. The molecule has 112 valence electrons. The summed E-state index contributed by atoms with van der Waals surface area (Å²) in [6.45, 7) is 8.73. The van der Waals surface area contributed by atoms with Crippen molar-refractivity contribution in [3.05, 3.63) is 48.0 Å². The van der Waals surface area contributed by atoms with Crippen molar-refractivity contribution in [1.29, 1.82) is 0 Å². The monoisotopic (exact) mass is 303 g/mol. The van der Waals surface area contributed by atoms with Crippen LogP contribution in [0.2, 0.25) is 0 Å². The number of hydrogen-bond acceptors (Lipinski definition) is 3. The van der Waals surface area contributed by atoms with Crippen LogP contribution in [0.1, 0.15) is 32.4 Å². The van der Waals surface area contributed by atoms with Crippen molar-refractivity contribution in [3.63, 3.8) is 0 Å². The highest BCUT2D eigenvalue weighted by atomic mass is 32.1. The summed E-state index contributed by atoms with van der Waals surface area (Å²) in [5, 5.41) is 7.97. The van der Waals surface area contributed by atoms with Gasteiger partial charge in [-0.2, -0.15) is 5.10 Å². The average Bonchev–Trinajstić information content (AvgIpc) is 2.97. The Morgan fingerprint density at radius 1 is 1.57 bits per heavy atom. The van der Waals surface area contributed by atoms with Crippen LogP contribution in [0.25, 0.3) is 0 Å². The third-order valence-corrected chi connectivity index (χ3v) is 3.83. The molecule has 0 unspecified atom stereocenters. The molecule has 0 radical (unpaired) electrons. The maximum absolute atomic E-state index is 5.23. The van der Waals surface area contributed by atoms with Crippen molar-refractivity contribution in [1.82, 2.24) is 10.7 Å². The number of furan rings is 1. The van der Waals surface area contributed by atoms with Crippen LogP contribution in [0.4, 0.5) is 0 Å². The molecule has 0 bridgehead atoms. The fourth-order valence-electron chi connectivity index (χ4n) is 2.16. The normalized spacial score (nSPS) is 20.0. The summed E-state index contributed by atoms with van der Waals surface area (Å²) in [7, 11) is 0. The number of allylic oxidation sites excluding steroid dienone is 3. The largest absolute Gasteiger partial charge is 0.467 e. The van der Waals surface area contributed by atoms with Crippen LogP contribution in [0.5, 0.6) is 0 Å². The van der Waals surface area contributed by atoms with E-state index in [1.807, 2.05) is 12.1 Å². The maximum atomic E-state index is 5.23. The summed E-state index contributed by atoms with van der Waals surface area (Å²) in [5.41, 5.74) is 6.34. The topological polar surface area (TPSA) is 49.6 Å². The third-order valence-electron chi connectivity index (χ3n) is 3.60. The van der Waals surface area contributed by atoms with Gasteiger partial charge in [0.15, 0.2) is 5.11 Å². The molecule has 0 aromatic carbocycles. The van der Waals surface area contributed by atoms with E-state index in [-0.39, 0.29) is 0 Å².